The van der Waals surface area contributed by atoms with Gasteiger partial charge in [-0.15, -0.1) is 0 Å². The van der Waals surface area contributed by atoms with Crippen molar-refractivity contribution in [2.75, 3.05) is 7.05 Å². The van der Waals surface area contributed by atoms with Crippen molar-refractivity contribution >= 4 is 0 Å². The first-order chi connectivity index (χ1) is 7.90. The summed E-state index contributed by atoms with van der Waals surface area (Å²) in [7, 11) is 1.97. The molecule has 2 rings (SSSR count). The first-order valence-electron chi connectivity index (χ1n) is 5.65. The number of rotatable bonds is 5. The van der Waals surface area contributed by atoms with E-state index in [-0.39, 0.29) is 0 Å². The van der Waals surface area contributed by atoms with Gasteiger partial charge in [0.05, 0.1) is 12.3 Å². The van der Waals surface area contributed by atoms with Gasteiger partial charge in [0.25, 0.3) is 0 Å². The Bertz CT molecular complexity index is 394. The molecule has 0 saturated carbocycles. The topological polar surface area (TPSA) is 25.2 Å². The molecule has 1 N–H and O–H groups in total. The molecule has 0 aliphatic carbocycles. The number of hydrogen-bond donors (Lipinski definition) is 1. The van der Waals surface area contributed by atoms with Crippen molar-refractivity contribution < 1.29 is 4.42 Å². The Morgan fingerprint density at radius 3 is 2.56 bits per heavy atom. The highest BCUT2D eigenvalue weighted by atomic mass is 16.3. The van der Waals surface area contributed by atoms with Crippen molar-refractivity contribution in [3.63, 3.8) is 0 Å². The molecular weight excluding hydrogens is 198 g/mol. The van der Waals surface area contributed by atoms with Gasteiger partial charge in [-0.2, -0.15) is 0 Å². The first-order valence-corrected chi connectivity index (χ1v) is 5.65. The van der Waals surface area contributed by atoms with Gasteiger partial charge >= 0.3 is 0 Å². The lowest BCUT2D eigenvalue weighted by Crippen LogP contribution is -2.16. The molecule has 0 amide bonds. The highest BCUT2D eigenvalue weighted by Gasteiger charge is 2.11. The summed E-state index contributed by atoms with van der Waals surface area (Å²) in [5.41, 5.74) is 1.37. The SMILES string of the molecule is CNC(CCc1ccccc1)c1ccco1. The summed E-state index contributed by atoms with van der Waals surface area (Å²) in [4.78, 5) is 0. The second-order valence-corrected chi connectivity index (χ2v) is 3.88. The van der Waals surface area contributed by atoms with Gasteiger partial charge in [-0.3, -0.25) is 0 Å². The average Bonchev–Trinajstić information content (AvgIpc) is 2.85. The normalized spacial score (nSPS) is 12.6. The Hall–Kier alpha value is -1.54. The summed E-state index contributed by atoms with van der Waals surface area (Å²) < 4.78 is 5.41. The third-order valence-electron chi connectivity index (χ3n) is 2.80. The van der Waals surface area contributed by atoms with Crippen LogP contribution in [0.3, 0.4) is 0 Å². The van der Waals surface area contributed by atoms with E-state index in [9.17, 15) is 0 Å². The standard InChI is InChI=1S/C14H17NO/c1-15-13(14-8-5-11-16-14)10-9-12-6-3-2-4-7-12/h2-8,11,13,15H,9-10H2,1H3. The van der Waals surface area contributed by atoms with Crippen molar-refractivity contribution in [1.82, 2.24) is 5.32 Å². The lowest BCUT2D eigenvalue weighted by atomic mass is 10.0. The Balaban J connectivity index is 1.94. The minimum absolute atomic E-state index is 0.301. The maximum atomic E-state index is 5.41. The van der Waals surface area contributed by atoms with Crippen LogP contribution in [0.5, 0.6) is 0 Å². The van der Waals surface area contributed by atoms with Gasteiger partial charge in [0, 0.05) is 0 Å². The number of aryl methyl sites for hydroxylation is 1. The quantitative estimate of drug-likeness (QED) is 0.828. The van der Waals surface area contributed by atoms with E-state index in [1.54, 1.807) is 6.26 Å². The molecule has 16 heavy (non-hydrogen) atoms. The predicted octanol–water partition coefficient (Wildman–Crippen LogP) is 3.17. The van der Waals surface area contributed by atoms with Crippen LogP contribution in [0.15, 0.2) is 53.1 Å². The van der Waals surface area contributed by atoms with Crippen molar-refractivity contribution in [3.05, 3.63) is 60.1 Å². The highest BCUT2D eigenvalue weighted by molar-refractivity contribution is 5.15. The van der Waals surface area contributed by atoms with E-state index in [0.29, 0.717) is 6.04 Å². The molecule has 0 spiro atoms. The summed E-state index contributed by atoms with van der Waals surface area (Å²) in [6.07, 6.45) is 3.84. The summed E-state index contributed by atoms with van der Waals surface area (Å²) in [5, 5.41) is 3.28. The molecule has 84 valence electrons. The van der Waals surface area contributed by atoms with Crippen LogP contribution in [0.1, 0.15) is 23.8 Å². The molecule has 0 bridgehead atoms. The van der Waals surface area contributed by atoms with Crippen LogP contribution in [-0.2, 0) is 6.42 Å². The van der Waals surface area contributed by atoms with Crippen molar-refractivity contribution in [3.8, 4) is 0 Å². The zero-order valence-corrected chi connectivity index (χ0v) is 9.52. The molecule has 2 heteroatoms. The maximum Gasteiger partial charge on any atom is 0.120 e. The number of furan rings is 1. The molecule has 0 fully saturated rings. The summed E-state index contributed by atoms with van der Waals surface area (Å²) in [5.74, 6) is 1.01. The Labute approximate surface area is 96.3 Å². The molecule has 1 atom stereocenters. The molecule has 1 aromatic carbocycles. The average molecular weight is 215 g/mol. The Kier molecular flexibility index (Phi) is 3.78. The fourth-order valence-corrected chi connectivity index (χ4v) is 1.87. The lowest BCUT2D eigenvalue weighted by molar-refractivity contribution is 0.415. The van der Waals surface area contributed by atoms with Gasteiger partial charge in [0.2, 0.25) is 0 Å². The van der Waals surface area contributed by atoms with Gasteiger partial charge in [-0.05, 0) is 37.6 Å². The van der Waals surface area contributed by atoms with E-state index in [1.165, 1.54) is 5.56 Å². The number of benzene rings is 1. The molecule has 1 unspecified atom stereocenters. The summed E-state index contributed by atoms with van der Waals surface area (Å²) >= 11 is 0. The second-order valence-electron chi connectivity index (χ2n) is 3.88. The minimum atomic E-state index is 0.301. The Morgan fingerprint density at radius 2 is 1.94 bits per heavy atom. The largest absolute Gasteiger partial charge is 0.468 e. The van der Waals surface area contributed by atoms with Crippen LogP contribution >= 0.6 is 0 Å². The maximum absolute atomic E-state index is 5.41. The van der Waals surface area contributed by atoms with E-state index in [2.05, 4.69) is 29.6 Å². The van der Waals surface area contributed by atoms with Crippen LogP contribution in [0.2, 0.25) is 0 Å². The minimum Gasteiger partial charge on any atom is -0.468 e. The number of nitrogens with one attached hydrogen (secondary N) is 1. The summed E-state index contributed by atoms with van der Waals surface area (Å²) in [6, 6.07) is 14.8. The van der Waals surface area contributed by atoms with Gasteiger partial charge in [-0.25, -0.2) is 0 Å². The van der Waals surface area contributed by atoms with E-state index < -0.39 is 0 Å². The molecule has 1 heterocycles. The second kappa shape index (κ2) is 5.52. The van der Waals surface area contributed by atoms with Gasteiger partial charge < -0.3 is 9.73 Å². The molecule has 2 nitrogen and oxygen atoms in total. The van der Waals surface area contributed by atoms with Crippen LogP contribution in [-0.4, -0.2) is 7.05 Å². The molecular formula is C14H17NO. The molecule has 0 radical (unpaired) electrons. The van der Waals surface area contributed by atoms with E-state index in [4.69, 9.17) is 4.42 Å². The summed E-state index contributed by atoms with van der Waals surface area (Å²) in [6.45, 7) is 0. The first kappa shape index (κ1) is 11.0. The zero-order valence-electron chi connectivity index (χ0n) is 9.52. The van der Waals surface area contributed by atoms with Crippen molar-refractivity contribution in [1.29, 1.82) is 0 Å². The van der Waals surface area contributed by atoms with E-state index >= 15 is 0 Å². The van der Waals surface area contributed by atoms with E-state index in [1.807, 2.05) is 25.2 Å². The Morgan fingerprint density at radius 1 is 1.12 bits per heavy atom. The smallest absolute Gasteiger partial charge is 0.120 e. The van der Waals surface area contributed by atoms with Gasteiger partial charge in [-0.1, -0.05) is 30.3 Å². The van der Waals surface area contributed by atoms with E-state index in [0.717, 1.165) is 18.6 Å². The molecule has 0 aliphatic heterocycles. The number of hydrogen-bond acceptors (Lipinski definition) is 2. The fraction of sp³-hybridized carbons (Fsp3) is 0.286. The molecule has 0 saturated heterocycles. The third kappa shape index (κ3) is 2.74. The molecule has 0 aliphatic rings. The highest BCUT2D eigenvalue weighted by Crippen LogP contribution is 2.19. The molecule has 1 aromatic heterocycles. The zero-order chi connectivity index (χ0) is 11.2. The monoisotopic (exact) mass is 215 g/mol. The third-order valence-corrected chi connectivity index (χ3v) is 2.80. The lowest BCUT2D eigenvalue weighted by Gasteiger charge is -2.13. The van der Waals surface area contributed by atoms with Crippen LogP contribution in [0.25, 0.3) is 0 Å². The van der Waals surface area contributed by atoms with Crippen molar-refractivity contribution in [2.45, 2.75) is 18.9 Å². The predicted molar refractivity (Wildman–Crippen MR) is 65.3 cm³/mol. The van der Waals surface area contributed by atoms with Gasteiger partial charge in [0.15, 0.2) is 0 Å². The fourth-order valence-electron chi connectivity index (χ4n) is 1.87. The van der Waals surface area contributed by atoms with Gasteiger partial charge in [0.1, 0.15) is 5.76 Å². The van der Waals surface area contributed by atoms with Crippen LogP contribution in [0, 0.1) is 0 Å². The van der Waals surface area contributed by atoms with Crippen LogP contribution in [0.4, 0.5) is 0 Å². The van der Waals surface area contributed by atoms with Crippen molar-refractivity contribution in [2.24, 2.45) is 0 Å². The van der Waals surface area contributed by atoms with Crippen LogP contribution < -0.4 is 5.32 Å². The molecule has 2 aromatic rings.